The van der Waals surface area contributed by atoms with Crippen LogP contribution in [0.4, 0.5) is 0 Å². The first kappa shape index (κ1) is 23.0. The number of fused-ring (bicyclic) bond motifs is 3. The van der Waals surface area contributed by atoms with Crippen molar-refractivity contribution in [3.05, 3.63) is 100 Å². The van der Waals surface area contributed by atoms with Crippen LogP contribution < -0.4 is 0 Å². The Morgan fingerprint density at radius 2 is 1.78 bits per heavy atom. The smallest absolute Gasteiger partial charge is 0.0809 e. The van der Waals surface area contributed by atoms with Gasteiger partial charge in [-0.3, -0.25) is 9.88 Å². The molecule has 188 valence electrons. The third kappa shape index (κ3) is 4.14. The molecule has 5 heteroatoms. The van der Waals surface area contributed by atoms with Crippen LogP contribution in [-0.2, 0) is 19.5 Å². The molecule has 0 amide bonds. The standard InChI is InChI=1S/C32H34N4S/c1-3-31-27(26-9-5-7-11-32(26)37-31)19-35-21-30(23-12-13-23)36-17-16-34(20-29(36)22(35)2)18-24-14-15-33-28-10-6-4-8-25(24)28/h4-11,14-15,29H,2-3,12-13,16-21H2,1H3. The third-order valence-electron chi connectivity index (χ3n) is 8.44. The van der Waals surface area contributed by atoms with E-state index in [9.17, 15) is 0 Å². The molecule has 2 aromatic heterocycles. The van der Waals surface area contributed by atoms with E-state index in [1.165, 1.54) is 50.0 Å². The summed E-state index contributed by atoms with van der Waals surface area (Å²) in [7, 11) is 0. The van der Waals surface area contributed by atoms with Crippen LogP contribution in [0.5, 0.6) is 0 Å². The van der Waals surface area contributed by atoms with Gasteiger partial charge in [-0.2, -0.15) is 0 Å². The fourth-order valence-corrected chi connectivity index (χ4v) is 7.49. The van der Waals surface area contributed by atoms with Crippen LogP contribution in [0.2, 0.25) is 0 Å². The van der Waals surface area contributed by atoms with Crippen molar-refractivity contribution in [3.63, 3.8) is 0 Å². The number of aryl methyl sites for hydroxylation is 1. The number of piperazine rings is 2. The summed E-state index contributed by atoms with van der Waals surface area (Å²) in [5, 5.41) is 2.70. The molecule has 4 heterocycles. The van der Waals surface area contributed by atoms with Crippen LogP contribution in [0, 0.1) is 0 Å². The largest absolute Gasteiger partial charge is 0.363 e. The molecule has 37 heavy (non-hydrogen) atoms. The number of thiophene rings is 1. The monoisotopic (exact) mass is 506 g/mol. The van der Waals surface area contributed by atoms with Crippen LogP contribution in [0.15, 0.2) is 84.3 Å². The van der Waals surface area contributed by atoms with Gasteiger partial charge in [0.05, 0.1) is 18.1 Å². The van der Waals surface area contributed by atoms with Crippen LogP contribution in [0.25, 0.3) is 21.0 Å². The molecule has 7 rings (SSSR count). The summed E-state index contributed by atoms with van der Waals surface area (Å²) in [4.78, 5) is 14.0. The Morgan fingerprint density at radius 1 is 0.973 bits per heavy atom. The average Bonchev–Trinajstić information content (AvgIpc) is 3.72. The van der Waals surface area contributed by atoms with Gasteiger partial charge in [0, 0.05) is 65.3 Å². The molecule has 0 spiro atoms. The van der Waals surface area contributed by atoms with E-state index in [0.717, 1.165) is 51.2 Å². The summed E-state index contributed by atoms with van der Waals surface area (Å²) in [6.07, 6.45) is 5.59. The molecule has 3 aliphatic rings. The number of allylic oxidation sites excluding steroid dienone is 1. The second-order valence-corrected chi connectivity index (χ2v) is 11.8. The van der Waals surface area contributed by atoms with E-state index >= 15 is 0 Å². The summed E-state index contributed by atoms with van der Waals surface area (Å²) in [6.45, 7) is 13.1. The van der Waals surface area contributed by atoms with E-state index in [2.05, 4.69) is 81.2 Å². The zero-order chi connectivity index (χ0) is 24.9. The molecule has 1 aliphatic carbocycles. The average molecular weight is 507 g/mol. The molecule has 0 radical (unpaired) electrons. The number of nitrogens with zero attached hydrogens (tertiary/aromatic N) is 4. The normalized spacial score (nSPS) is 20.2. The molecule has 0 bridgehead atoms. The van der Waals surface area contributed by atoms with Gasteiger partial charge in [0.15, 0.2) is 0 Å². The third-order valence-corrected chi connectivity index (χ3v) is 9.79. The van der Waals surface area contributed by atoms with Gasteiger partial charge in [0.1, 0.15) is 0 Å². The number of para-hydroxylation sites is 1. The van der Waals surface area contributed by atoms with Gasteiger partial charge in [0.2, 0.25) is 0 Å². The highest BCUT2D eigenvalue weighted by molar-refractivity contribution is 7.19. The topological polar surface area (TPSA) is 22.6 Å². The molecule has 4 aromatic rings. The van der Waals surface area contributed by atoms with Crippen molar-refractivity contribution in [2.24, 2.45) is 0 Å². The molecule has 1 saturated carbocycles. The highest BCUT2D eigenvalue weighted by atomic mass is 32.1. The molecule has 1 unspecified atom stereocenters. The molecule has 2 aliphatic heterocycles. The maximum Gasteiger partial charge on any atom is 0.0809 e. The summed E-state index contributed by atoms with van der Waals surface area (Å²) in [5.41, 5.74) is 8.50. The molecule has 2 saturated heterocycles. The number of pyridine rings is 1. The Labute approximate surface area is 223 Å². The van der Waals surface area contributed by atoms with Crippen molar-refractivity contribution in [3.8, 4) is 0 Å². The van der Waals surface area contributed by atoms with Crippen molar-refractivity contribution in [1.29, 1.82) is 0 Å². The van der Waals surface area contributed by atoms with Gasteiger partial charge in [-0.15, -0.1) is 11.3 Å². The highest BCUT2D eigenvalue weighted by Gasteiger charge is 2.39. The zero-order valence-electron chi connectivity index (χ0n) is 21.6. The molecule has 4 nitrogen and oxygen atoms in total. The van der Waals surface area contributed by atoms with E-state index < -0.39 is 0 Å². The van der Waals surface area contributed by atoms with Gasteiger partial charge < -0.3 is 9.80 Å². The summed E-state index contributed by atoms with van der Waals surface area (Å²) in [5.74, 6) is 0. The Kier molecular flexibility index (Phi) is 5.78. The van der Waals surface area contributed by atoms with Crippen molar-refractivity contribution in [1.82, 2.24) is 19.7 Å². The Hall–Kier alpha value is -3.15. The highest BCUT2D eigenvalue weighted by Crippen LogP contribution is 2.41. The van der Waals surface area contributed by atoms with E-state index in [1.807, 2.05) is 17.5 Å². The van der Waals surface area contributed by atoms with Crippen LogP contribution in [-0.4, -0.2) is 51.9 Å². The molecular formula is C32H34N4S. The molecule has 1 atom stereocenters. The molecular weight excluding hydrogens is 472 g/mol. The minimum Gasteiger partial charge on any atom is -0.363 e. The maximum atomic E-state index is 4.73. The first-order valence-corrected chi connectivity index (χ1v) is 14.5. The van der Waals surface area contributed by atoms with Gasteiger partial charge >= 0.3 is 0 Å². The second kappa shape index (κ2) is 9.30. The van der Waals surface area contributed by atoms with Crippen LogP contribution in [0.1, 0.15) is 35.8 Å². The minimum atomic E-state index is 0.341. The summed E-state index contributed by atoms with van der Waals surface area (Å²) in [6, 6.07) is 20.0. The van der Waals surface area contributed by atoms with Crippen molar-refractivity contribution in [2.45, 2.75) is 45.3 Å². The fourth-order valence-electron chi connectivity index (χ4n) is 6.33. The first-order valence-electron chi connectivity index (χ1n) is 13.6. The predicted molar refractivity (Wildman–Crippen MR) is 155 cm³/mol. The molecule has 3 fully saturated rings. The fraction of sp³-hybridized carbons (Fsp3) is 0.344. The SMILES string of the molecule is C=C1C2CN(Cc3ccnc4ccccc34)CCN2C(=C2CC2)CN1Cc1c(CC)sc2ccccc12. The van der Waals surface area contributed by atoms with E-state index in [-0.39, 0.29) is 0 Å². The number of hydrogen-bond acceptors (Lipinski definition) is 5. The zero-order valence-corrected chi connectivity index (χ0v) is 22.4. The van der Waals surface area contributed by atoms with Gasteiger partial charge in [-0.25, -0.2) is 0 Å². The van der Waals surface area contributed by atoms with Gasteiger partial charge in [-0.05, 0) is 59.5 Å². The van der Waals surface area contributed by atoms with Crippen molar-refractivity contribution < 1.29 is 0 Å². The number of aromatic nitrogens is 1. The van der Waals surface area contributed by atoms with Gasteiger partial charge in [0.25, 0.3) is 0 Å². The van der Waals surface area contributed by atoms with Crippen molar-refractivity contribution >= 4 is 32.3 Å². The van der Waals surface area contributed by atoms with Crippen molar-refractivity contribution in [2.75, 3.05) is 26.2 Å². The molecule has 2 aromatic carbocycles. The summed E-state index contributed by atoms with van der Waals surface area (Å²) < 4.78 is 1.41. The lowest BCUT2D eigenvalue weighted by Crippen LogP contribution is -2.59. The van der Waals surface area contributed by atoms with E-state index in [0.29, 0.717) is 6.04 Å². The minimum absolute atomic E-state index is 0.341. The lowest BCUT2D eigenvalue weighted by Gasteiger charge is -2.51. The lowest BCUT2D eigenvalue weighted by atomic mass is 9.99. The van der Waals surface area contributed by atoms with Crippen LogP contribution >= 0.6 is 11.3 Å². The predicted octanol–water partition coefficient (Wildman–Crippen LogP) is 6.58. The molecule has 0 N–H and O–H groups in total. The van der Waals surface area contributed by atoms with Gasteiger partial charge in [-0.1, -0.05) is 49.9 Å². The second-order valence-electron chi connectivity index (χ2n) is 10.7. The number of hydrogen-bond donors (Lipinski definition) is 0. The first-order chi connectivity index (χ1) is 18.2. The maximum absolute atomic E-state index is 4.73. The lowest BCUT2D eigenvalue weighted by molar-refractivity contribution is 0.0674. The Bertz CT molecular complexity index is 1520. The van der Waals surface area contributed by atoms with Crippen LogP contribution in [0.3, 0.4) is 0 Å². The summed E-state index contributed by atoms with van der Waals surface area (Å²) >= 11 is 1.97. The van der Waals surface area contributed by atoms with E-state index in [1.54, 1.807) is 11.3 Å². The number of benzene rings is 2. The Morgan fingerprint density at radius 3 is 2.62 bits per heavy atom. The number of rotatable bonds is 5. The van der Waals surface area contributed by atoms with E-state index in [4.69, 9.17) is 6.58 Å². The quantitative estimate of drug-likeness (QED) is 0.305. The Balaban J connectivity index is 1.17.